The Hall–Kier alpha value is -4.07. The van der Waals surface area contributed by atoms with Gasteiger partial charge in [0.05, 0.1) is 12.8 Å². The van der Waals surface area contributed by atoms with E-state index in [4.69, 9.17) is 9.47 Å². The molecule has 3 aromatic rings. The average molecular weight is 420 g/mol. The number of ether oxygens (including phenoxy) is 2. The molecular weight excluding hydrogens is 396 g/mol. The van der Waals surface area contributed by atoms with Gasteiger partial charge in [0.15, 0.2) is 0 Å². The molecule has 8 heteroatoms. The number of hydrogen-bond donors (Lipinski definition) is 3. The van der Waals surface area contributed by atoms with Crippen LogP contribution in [0.1, 0.15) is 18.1 Å². The van der Waals surface area contributed by atoms with Crippen molar-refractivity contribution in [1.82, 2.24) is 10.3 Å². The van der Waals surface area contributed by atoms with Crippen LogP contribution in [0.15, 0.2) is 67.0 Å². The first-order valence-electron chi connectivity index (χ1n) is 9.64. The maximum atomic E-state index is 12.2. The molecule has 0 saturated carbocycles. The van der Waals surface area contributed by atoms with Gasteiger partial charge in [0.25, 0.3) is 0 Å². The zero-order valence-electron chi connectivity index (χ0n) is 17.3. The Kier molecular flexibility index (Phi) is 7.42. The molecule has 0 spiro atoms. The molecule has 1 heterocycles. The minimum atomic E-state index is -0.355. The summed E-state index contributed by atoms with van der Waals surface area (Å²) in [7, 11) is 1.49. The number of urea groups is 1. The van der Waals surface area contributed by atoms with E-state index in [-0.39, 0.29) is 11.9 Å². The number of nitrogens with zero attached hydrogens (tertiary/aromatic N) is 1. The third-order valence-corrected chi connectivity index (χ3v) is 4.27. The molecule has 1 aromatic heterocycles. The summed E-state index contributed by atoms with van der Waals surface area (Å²) in [4.78, 5) is 27.5. The first-order chi connectivity index (χ1) is 15.0. The first-order valence-corrected chi connectivity index (χ1v) is 9.64. The van der Waals surface area contributed by atoms with Crippen LogP contribution in [-0.2, 0) is 17.9 Å². The molecule has 8 nitrogen and oxygen atoms in total. The second kappa shape index (κ2) is 10.6. The average Bonchev–Trinajstić information content (AvgIpc) is 2.78. The molecule has 0 saturated heterocycles. The maximum absolute atomic E-state index is 12.2. The van der Waals surface area contributed by atoms with Crippen molar-refractivity contribution in [2.45, 2.75) is 20.1 Å². The third kappa shape index (κ3) is 6.74. The number of pyridine rings is 1. The number of anilines is 2. The molecule has 160 valence electrons. The van der Waals surface area contributed by atoms with Gasteiger partial charge in [-0.25, -0.2) is 4.79 Å². The van der Waals surface area contributed by atoms with E-state index in [9.17, 15) is 9.59 Å². The number of aromatic nitrogens is 1. The number of rotatable bonds is 8. The van der Waals surface area contributed by atoms with Gasteiger partial charge in [-0.15, -0.1) is 0 Å². The zero-order valence-corrected chi connectivity index (χ0v) is 17.3. The molecule has 0 aliphatic carbocycles. The van der Waals surface area contributed by atoms with Crippen molar-refractivity contribution in [2.24, 2.45) is 0 Å². The molecule has 31 heavy (non-hydrogen) atoms. The van der Waals surface area contributed by atoms with Crippen LogP contribution < -0.4 is 25.4 Å². The predicted molar refractivity (Wildman–Crippen MR) is 118 cm³/mol. The highest BCUT2D eigenvalue weighted by Crippen LogP contribution is 2.27. The highest BCUT2D eigenvalue weighted by Gasteiger charge is 2.08. The fraction of sp³-hybridized carbons (Fsp3) is 0.174. The Labute approximate surface area is 180 Å². The Bertz CT molecular complexity index is 1020. The third-order valence-electron chi connectivity index (χ3n) is 4.27. The van der Waals surface area contributed by atoms with E-state index < -0.39 is 0 Å². The van der Waals surface area contributed by atoms with Gasteiger partial charge in [-0.05, 0) is 35.9 Å². The largest absolute Gasteiger partial charge is 0.494 e. The molecule has 2 aromatic carbocycles. The van der Waals surface area contributed by atoms with E-state index in [0.717, 1.165) is 16.9 Å². The summed E-state index contributed by atoms with van der Waals surface area (Å²) in [5, 5.41) is 8.21. The molecule has 3 amide bonds. The topological polar surface area (TPSA) is 102 Å². The fourth-order valence-corrected chi connectivity index (χ4v) is 2.77. The van der Waals surface area contributed by atoms with E-state index in [2.05, 4.69) is 20.9 Å². The van der Waals surface area contributed by atoms with Crippen LogP contribution in [0.2, 0.25) is 0 Å². The van der Waals surface area contributed by atoms with Crippen molar-refractivity contribution >= 4 is 23.3 Å². The summed E-state index contributed by atoms with van der Waals surface area (Å²) < 4.78 is 11.0. The number of carbonyl (C=O) groups is 2. The van der Waals surface area contributed by atoms with Gasteiger partial charge >= 0.3 is 6.03 Å². The summed E-state index contributed by atoms with van der Waals surface area (Å²) in [5.74, 6) is 0.989. The fourth-order valence-electron chi connectivity index (χ4n) is 2.77. The van der Waals surface area contributed by atoms with Crippen molar-refractivity contribution in [3.63, 3.8) is 0 Å². The van der Waals surface area contributed by atoms with Crippen LogP contribution in [0.4, 0.5) is 16.2 Å². The molecule has 3 rings (SSSR count). The highest BCUT2D eigenvalue weighted by molar-refractivity contribution is 5.93. The number of nitrogens with one attached hydrogen (secondary N) is 3. The first kappa shape index (κ1) is 21.6. The van der Waals surface area contributed by atoms with Crippen LogP contribution >= 0.6 is 0 Å². The van der Waals surface area contributed by atoms with Gasteiger partial charge in [-0.1, -0.05) is 18.2 Å². The smallest absolute Gasteiger partial charge is 0.319 e. The minimum Gasteiger partial charge on any atom is -0.494 e. The minimum absolute atomic E-state index is 0.203. The van der Waals surface area contributed by atoms with Crippen LogP contribution in [0.25, 0.3) is 0 Å². The Morgan fingerprint density at radius 3 is 2.48 bits per heavy atom. The van der Waals surface area contributed by atoms with Crippen LogP contribution in [0.3, 0.4) is 0 Å². The van der Waals surface area contributed by atoms with Gasteiger partial charge < -0.3 is 25.4 Å². The SMILES string of the molecule is COc1cc(NC(=O)NCc2ccc(OCc3cccnc3)cc2)ccc1NC(C)=O. The van der Waals surface area contributed by atoms with Crippen molar-refractivity contribution < 1.29 is 19.1 Å². The Morgan fingerprint density at radius 2 is 1.81 bits per heavy atom. The standard InChI is InChI=1S/C23H24N4O4/c1-16(28)26-21-10-7-19(12-22(21)30-2)27-23(29)25-14-17-5-8-20(9-6-17)31-15-18-4-3-11-24-13-18/h3-13H,14-15H2,1-2H3,(H,26,28)(H2,25,27,29). The summed E-state index contributed by atoms with van der Waals surface area (Å²) in [6.07, 6.45) is 3.48. The highest BCUT2D eigenvalue weighted by atomic mass is 16.5. The molecule has 0 radical (unpaired) electrons. The van der Waals surface area contributed by atoms with E-state index in [1.54, 1.807) is 30.6 Å². The van der Waals surface area contributed by atoms with Crippen LogP contribution in [-0.4, -0.2) is 24.0 Å². The number of amides is 3. The number of hydrogen-bond acceptors (Lipinski definition) is 5. The van der Waals surface area contributed by atoms with Gasteiger partial charge in [0, 0.05) is 43.2 Å². The van der Waals surface area contributed by atoms with Crippen molar-refractivity contribution in [1.29, 1.82) is 0 Å². The van der Waals surface area contributed by atoms with Crippen LogP contribution in [0, 0.1) is 0 Å². The monoisotopic (exact) mass is 420 g/mol. The Balaban J connectivity index is 1.48. The summed E-state index contributed by atoms with van der Waals surface area (Å²) >= 11 is 0. The lowest BCUT2D eigenvalue weighted by Gasteiger charge is -2.12. The zero-order chi connectivity index (χ0) is 22.1. The van der Waals surface area contributed by atoms with Gasteiger partial charge in [-0.3, -0.25) is 9.78 Å². The molecule has 3 N–H and O–H groups in total. The van der Waals surface area contributed by atoms with E-state index >= 15 is 0 Å². The van der Waals surface area contributed by atoms with Crippen molar-refractivity contribution in [2.75, 3.05) is 17.7 Å². The molecule has 0 unspecified atom stereocenters. The quantitative estimate of drug-likeness (QED) is 0.512. The summed E-state index contributed by atoms with van der Waals surface area (Å²) in [6, 6.07) is 16.0. The number of carbonyl (C=O) groups excluding carboxylic acids is 2. The predicted octanol–water partition coefficient (Wildman–Crippen LogP) is 3.95. The molecular formula is C23H24N4O4. The number of benzene rings is 2. The normalized spacial score (nSPS) is 10.1. The van der Waals surface area contributed by atoms with Crippen LogP contribution in [0.5, 0.6) is 11.5 Å². The number of methoxy groups -OCH3 is 1. The van der Waals surface area contributed by atoms with Gasteiger partial charge in [-0.2, -0.15) is 0 Å². The van der Waals surface area contributed by atoms with E-state index in [1.165, 1.54) is 14.0 Å². The summed E-state index contributed by atoms with van der Waals surface area (Å²) in [6.45, 7) is 2.21. The second-order valence-corrected chi connectivity index (χ2v) is 6.70. The lowest BCUT2D eigenvalue weighted by Crippen LogP contribution is -2.28. The van der Waals surface area contributed by atoms with Crippen molar-refractivity contribution in [3.05, 3.63) is 78.1 Å². The van der Waals surface area contributed by atoms with Crippen molar-refractivity contribution in [3.8, 4) is 11.5 Å². The Morgan fingerprint density at radius 1 is 1.00 bits per heavy atom. The van der Waals surface area contributed by atoms with E-state index in [1.807, 2.05) is 36.4 Å². The lowest BCUT2D eigenvalue weighted by molar-refractivity contribution is -0.114. The second-order valence-electron chi connectivity index (χ2n) is 6.70. The molecule has 0 bridgehead atoms. The lowest BCUT2D eigenvalue weighted by atomic mass is 10.2. The molecule has 0 atom stereocenters. The molecule has 0 aliphatic rings. The van der Waals surface area contributed by atoms with Gasteiger partial charge in [0.2, 0.25) is 5.91 Å². The van der Waals surface area contributed by atoms with Gasteiger partial charge in [0.1, 0.15) is 18.1 Å². The summed E-state index contributed by atoms with van der Waals surface area (Å²) in [5.41, 5.74) is 3.00. The molecule has 0 fully saturated rings. The van der Waals surface area contributed by atoms with E-state index in [0.29, 0.717) is 30.3 Å². The molecule has 0 aliphatic heterocycles. The maximum Gasteiger partial charge on any atom is 0.319 e.